The van der Waals surface area contributed by atoms with Crippen LogP contribution in [0.25, 0.3) is 0 Å². The van der Waals surface area contributed by atoms with E-state index in [9.17, 15) is 13.2 Å². The van der Waals surface area contributed by atoms with Gasteiger partial charge in [-0.3, -0.25) is 9.10 Å². The van der Waals surface area contributed by atoms with Crippen LogP contribution < -0.4 is 19.1 Å². The fourth-order valence-electron chi connectivity index (χ4n) is 3.58. The molecule has 1 aliphatic heterocycles. The number of aryl methyl sites for hydroxylation is 1. The van der Waals surface area contributed by atoms with Crippen molar-refractivity contribution in [3.05, 3.63) is 82.9 Å². The van der Waals surface area contributed by atoms with E-state index >= 15 is 0 Å². The molecule has 34 heavy (non-hydrogen) atoms. The Balaban J connectivity index is 1.53. The lowest BCUT2D eigenvalue weighted by Crippen LogP contribution is -2.45. The van der Waals surface area contributed by atoms with Crippen LogP contribution in [0.4, 0.5) is 5.69 Å². The summed E-state index contributed by atoms with van der Waals surface area (Å²) in [6.45, 7) is 3.62. The number of ether oxygens (including phenoxy) is 2. The standard InChI is InChI=1S/C25H25ClN2O5S/c1-17-10-12-20(13-11-17)34(30,31)28(22-7-5-6-21(26)18(22)2)15-25(29)27-14-19-16-32-23-8-3-4-9-24(23)33-19/h3-13,19H,14-16H2,1-2H3,(H,27,29)/t19-/m0/s1. The highest BCUT2D eigenvalue weighted by Gasteiger charge is 2.29. The average Bonchev–Trinajstić information content (AvgIpc) is 2.83. The molecule has 3 aromatic carbocycles. The highest BCUT2D eigenvalue weighted by atomic mass is 35.5. The Labute approximate surface area is 204 Å². The molecule has 0 saturated carbocycles. The second-order valence-corrected chi connectivity index (χ2v) is 10.3. The highest BCUT2D eigenvalue weighted by Crippen LogP contribution is 2.32. The van der Waals surface area contributed by atoms with Crippen molar-refractivity contribution in [2.75, 3.05) is 24.0 Å². The number of benzene rings is 3. The number of anilines is 1. The number of hydrogen-bond acceptors (Lipinski definition) is 5. The predicted molar refractivity (Wildman–Crippen MR) is 131 cm³/mol. The molecular weight excluding hydrogens is 476 g/mol. The third kappa shape index (κ3) is 5.13. The van der Waals surface area contributed by atoms with Gasteiger partial charge in [0.2, 0.25) is 5.91 Å². The van der Waals surface area contributed by atoms with E-state index < -0.39 is 28.6 Å². The van der Waals surface area contributed by atoms with Crippen LogP contribution in [0, 0.1) is 13.8 Å². The molecule has 0 aliphatic carbocycles. The van der Waals surface area contributed by atoms with Gasteiger partial charge < -0.3 is 14.8 Å². The monoisotopic (exact) mass is 500 g/mol. The molecule has 3 aromatic rings. The van der Waals surface area contributed by atoms with Crippen molar-refractivity contribution in [1.82, 2.24) is 5.32 Å². The molecule has 4 rings (SSSR count). The number of fused-ring (bicyclic) bond motifs is 1. The van der Waals surface area contributed by atoms with E-state index in [0.29, 0.717) is 27.8 Å². The van der Waals surface area contributed by atoms with Gasteiger partial charge in [0.25, 0.3) is 10.0 Å². The Morgan fingerprint density at radius 1 is 1.03 bits per heavy atom. The minimum absolute atomic E-state index is 0.0888. The van der Waals surface area contributed by atoms with Gasteiger partial charge in [0, 0.05) is 5.02 Å². The molecule has 0 aromatic heterocycles. The lowest BCUT2D eigenvalue weighted by atomic mass is 10.2. The van der Waals surface area contributed by atoms with E-state index in [2.05, 4.69) is 5.32 Å². The van der Waals surface area contributed by atoms with Crippen molar-refractivity contribution in [2.24, 2.45) is 0 Å². The second-order valence-electron chi connectivity index (χ2n) is 8.01. The first kappa shape index (κ1) is 23.9. The fourth-order valence-corrected chi connectivity index (χ4v) is 5.23. The first-order valence-corrected chi connectivity index (χ1v) is 12.6. The van der Waals surface area contributed by atoms with Crippen LogP contribution in [0.15, 0.2) is 71.6 Å². The summed E-state index contributed by atoms with van der Waals surface area (Å²) in [4.78, 5) is 13.0. The third-order valence-corrected chi connectivity index (χ3v) is 7.68. The molecular formula is C25H25ClN2O5S. The summed E-state index contributed by atoms with van der Waals surface area (Å²) in [5.41, 5.74) is 1.83. The van der Waals surface area contributed by atoms with Crippen LogP contribution in [0.1, 0.15) is 11.1 Å². The topological polar surface area (TPSA) is 84.9 Å². The van der Waals surface area contributed by atoms with Crippen LogP contribution in [0.5, 0.6) is 11.5 Å². The minimum Gasteiger partial charge on any atom is -0.486 e. The number of nitrogens with one attached hydrogen (secondary N) is 1. The van der Waals surface area contributed by atoms with E-state index in [1.54, 1.807) is 43.3 Å². The van der Waals surface area contributed by atoms with Gasteiger partial charge in [0.15, 0.2) is 11.5 Å². The van der Waals surface area contributed by atoms with E-state index in [-0.39, 0.29) is 18.0 Å². The Bertz CT molecular complexity index is 1290. The van der Waals surface area contributed by atoms with Crippen LogP contribution in [0.3, 0.4) is 0 Å². The number of amides is 1. The maximum Gasteiger partial charge on any atom is 0.264 e. The number of halogens is 1. The first-order chi connectivity index (χ1) is 16.3. The maximum absolute atomic E-state index is 13.5. The zero-order valence-corrected chi connectivity index (χ0v) is 20.4. The van der Waals surface area contributed by atoms with Crippen molar-refractivity contribution in [1.29, 1.82) is 0 Å². The van der Waals surface area contributed by atoms with Crippen LogP contribution in [-0.4, -0.2) is 40.1 Å². The number of hydrogen-bond donors (Lipinski definition) is 1. The fraction of sp³-hybridized carbons (Fsp3) is 0.240. The minimum atomic E-state index is -4.03. The molecule has 7 nitrogen and oxygen atoms in total. The SMILES string of the molecule is Cc1ccc(S(=O)(=O)N(CC(=O)NC[C@H]2COc3ccccc3O2)c2cccc(Cl)c2C)cc1. The summed E-state index contributed by atoms with van der Waals surface area (Å²) in [5, 5.41) is 3.18. The molecule has 1 aliphatic rings. The van der Waals surface area contributed by atoms with Gasteiger partial charge in [-0.05, 0) is 55.8 Å². The first-order valence-electron chi connectivity index (χ1n) is 10.8. The third-order valence-electron chi connectivity index (χ3n) is 5.50. The summed E-state index contributed by atoms with van der Waals surface area (Å²) in [7, 11) is -4.03. The number of carbonyl (C=O) groups is 1. The summed E-state index contributed by atoms with van der Waals surface area (Å²) in [6.07, 6.45) is -0.395. The Hall–Kier alpha value is -3.23. The smallest absolute Gasteiger partial charge is 0.264 e. The molecule has 0 unspecified atom stereocenters. The zero-order chi connectivity index (χ0) is 24.3. The van der Waals surface area contributed by atoms with Gasteiger partial charge in [0.1, 0.15) is 19.3 Å². The van der Waals surface area contributed by atoms with Gasteiger partial charge in [-0.25, -0.2) is 8.42 Å². The van der Waals surface area contributed by atoms with E-state index in [1.807, 2.05) is 25.1 Å². The van der Waals surface area contributed by atoms with E-state index in [1.165, 1.54) is 12.1 Å². The summed E-state index contributed by atoms with van der Waals surface area (Å²) in [5.74, 6) is 0.778. The predicted octanol–water partition coefficient (Wildman–Crippen LogP) is 4.11. The van der Waals surface area contributed by atoms with E-state index in [4.69, 9.17) is 21.1 Å². The van der Waals surface area contributed by atoms with Crippen molar-refractivity contribution in [3.63, 3.8) is 0 Å². The molecule has 1 N–H and O–H groups in total. The normalized spacial score (nSPS) is 15.0. The van der Waals surface area contributed by atoms with Crippen molar-refractivity contribution in [2.45, 2.75) is 24.8 Å². The highest BCUT2D eigenvalue weighted by molar-refractivity contribution is 7.92. The molecule has 1 atom stereocenters. The Kier molecular flexibility index (Phi) is 7.00. The Morgan fingerprint density at radius 3 is 2.47 bits per heavy atom. The molecule has 1 amide bonds. The largest absolute Gasteiger partial charge is 0.486 e. The molecule has 1 heterocycles. The van der Waals surface area contributed by atoms with Crippen molar-refractivity contribution >= 4 is 33.2 Å². The summed E-state index contributed by atoms with van der Waals surface area (Å²) in [6, 6.07) is 18.8. The molecule has 0 bridgehead atoms. The number of sulfonamides is 1. The molecule has 0 saturated heterocycles. The maximum atomic E-state index is 13.5. The van der Waals surface area contributed by atoms with Crippen LogP contribution >= 0.6 is 11.6 Å². The second kappa shape index (κ2) is 9.95. The van der Waals surface area contributed by atoms with Gasteiger partial charge in [0.05, 0.1) is 17.1 Å². The van der Waals surface area contributed by atoms with Crippen molar-refractivity contribution in [3.8, 4) is 11.5 Å². The van der Waals surface area contributed by atoms with Crippen LogP contribution in [0.2, 0.25) is 5.02 Å². The summed E-state index contributed by atoms with van der Waals surface area (Å²) < 4.78 is 39.7. The quantitative estimate of drug-likeness (QED) is 0.527. The zero-order valence-electron chi connectivity index (χ0n) is 18.8. The van der Waals surface area contributed by atoms with Gasteiger partial charge in [-0.2, -0.15) is 0 Å². The number of para-hydroxylation sites is 2. The Morgan fingerprint density at radius 2 is 1.74 bits per heavy atom. The van der Waals surface area contributed by atoms with Gasteiger partial charge in [-0.1, -0.05) is 47.5 Å². The lowest BCUT2D eigenvalue weighted by molar-refractivity contribution is -0.120. The molecule has 0 radical (unpaired) electrons. The lowest BCUT2D eigenvalue weighted by Gasteiger charge is -2.28. The van der Waals surface area contributed by atoms with Gasteiger partial charge >= 0.3 is 0 Å². The summed E-state index contributed by atoms with van der Waals surface area (Å²) >= 11 is 6.26. The average molecular weight is 501 g/mol. The van der Waals surface area contributed by atoms with Crippen molar-refractivity contribution < 1.29 is 22.7 Å². The molecule has 0 fully saturated rings. The number of nitrogens with zero attached hydrogens (tertiary/aromatic N) is 1. The number of rotatable bonds is 7. The number of carbonyl (C=O) groups excluding carboxylic acids is 1. The molecule has 9 heteroatoms. The van der Waals surface area contributed by atoms with Gasteiger partial charge in [-0.15, -0.1) is 0 Å². The van der Waals surface area contributed by atoms with E-state index in [0.717, 1.165) is 9.87 Å². The molecule has 178 valence electrons. The van der Waals surface area contributed by atoms with Crippen LogP contribution in [-0.2, 0) is 14.8 Å². The molecule has 0 spiro atoms.